The third-order valence-corrected chi connectivity index (χ3v) is 7.67. The van der Waals surface area contributed by atoms with E-state index in [4.69, 9.17) is 20.0 Å². The molecule has 6 rings (SSSR count). The van der Waals surface area contributed by atoms with Gasteiger partial charge >= 0.3 is 12.1 Å². The normalized spacial score (nSPS) is 11.6. The third kappa shape index (κ3) is 5.38. The minimum atomic E-state index is -4.91. The van der Waals surface area contributed by atoms with Crippen LogP contribution in [-0.2, 0) is 0 Å². The molecule has 0 fully saturated rings. The molecule has 6 aromatic rings. The second-order valence-corrected chi connectivity index (χ2v) is 10.3. The van der Waals surface area contributed by atoms with Crippen molar-refractivity contribution in [1.82, 2.24) is 10.3 Å². The molecule has 0 radical (unpaired) electrons. The van der Waals surface area contributed by atoms with E-state index in [1.807, 2.05) is 0 Å². The van der Waals surface area contributed by atoms with Gasteiger partial charge in [-0.05, 0) is 70.4 Å². The molecule has 3 heterocycles. The summed E-state index contributed by atoms with van der Waals surface area (Å²) in [6, 6.07) is 19.0. The second-order valence-electron chi connectivity index (χ2n) is 9.31. The van der Waals surface area contributed by atoms with Gasteiger partial charge in [0.25, 0.3) is 5.78 Å². The number of thiophene rings is 1. The Labute approximate surface area is 249 Å². The maximum Gasteiger partial charge on any atom is 0.573 e. The van der Waals surface area contributed by atoms with Crippen LogP contribution >= 0.6 is 11.3 Å². The molecule has 9 nitrogen and oxygen atoms in total. The molecule has 0 saturated heterocycles. The van der Waals surface area contributed by atoms with E-state index in [0.717, 1.165) is 28.2 Å². The summed E-state index contributed by atoms with van der Waals surface area (Å²) in [7, 11) is 1.54. The Balaban J connectivity index is 1.48. The minimum absolute atomic E-state index is 0.0101. The number of hydrogen-bond donors (Lipinski definition) is 1. The van der Waals surface area contributed by atoms with Crippen LogP contribution in [0.2, 0.25) is 0 Å². The summed E-state index contributed by atoms with van der Waals surface area (Å²) in [6.07, 6.45) is -4.91. The first-order chi connectivity index (χ1) is 21.0. The zero-order valence-corrected chi connectivity index (χ0v) is 23.2. The zero-order valence-electron chi connectivity index (χ0n) is 22.4. The molecule has 0 amide bonds. The number of carbonyl (C=O) groups excluding carboxylic acids is 1. The number of hydrogen-bond acceptors (Lipinski definition) is 9. The number of aromatic nitrogens is 3. The number of pyridine rings is 1. The first-order valence-corrected chi connectivity index (χ1v) is 13.5. The highest BCUT2D eigenvalue weighted by Gasteiger charge is 2.34. The fraction of sp³-hybridized carbons (Fsp3) is 0.0667. The molecule has 3 aromatic heterocycles. The van der Waals surface area contributed by atoms with Crippen molar-refractivity contribution in [2.75, 3.05) is 12.8 Å². The lowest BCUT2D eigenvalue weighted by atomic mass is 9.99. The molecule has 0 aliphatic heterocycles. The molecule has 0 aliphatic rings. The summed E-state index contributed by atoms with van der Waals surface area (Å²) in [5.41, 5.74) is 8.20. The van der Waals surface area contributed by atoms with Gasteiger partial charge in [-0.3, -0.25) is 4.79 Å². The predicted molar refractivity (Wildman–Crippen MR) is 149 cm³/mol. The van der Waals surface area contributed by atoms with Crippen molar-refractivity contribution in [1.29, 1.82) is 0 Å². The number of nitrogen functional groups attached to an aromatic ring is 1. The number of fused-ring (bicyclic) bond motifs is 1. The number of ketones is 1. The SMILES string of the molecule is COc1ccc(-c2cc(-c3cccc(F)c3)c3c(N)c(C(=O)c4c([O-])on[n+]4-c4ccc(OC(F)(F)F)cc4)sc3n2)cc1. The van der Waals surface area contributed by atoms with Gasteiger partial charge in [-0.15, -0.1) is 24.5 Å². The van der Waals surface area contributed by atoms with Gasteiger partial charge in [0.15, 0.2) is 5.95 Å². The lowest BCUT2D eigenvalue weighted by Crippen LogP contribution is -2.39. The number of rotatable bonds is 7. The topological polar surface area (TPSA) is 127 Å². The number of methoxy groups -OCH3 is 1. The van der Waals surface area contributed by atoms with Gasteiger partial charge in [0.1, 0.15) is 27.0 Å². The molecule has 3 aromatic carbocycles. The fourth-order valence-corrected chi connectivity index (χ4v) is 5.65. The average molecular weight is 623 g/mol. The van der Waals surface area contributed by atoms with Crippen molar-refractivity contribution in [3.8, 4) is 45.5 Å². The third-order valence-electron chi connectivity index (χ3n) is 6.57. The van der Waals surface area contributed by atoms with E-state index >= 15 is 0 Å². The molecule has 0 spiro atoms. The van der Waals surface area contributed by atoms with Crippen molar-refractivity contribution in [3.63, 3.8) is 0 Å². The molecule has 222 valence electrons. The van der Waals surface area contributed by atoms with Crippen LogP contribution in [0, 0.1) is 5.82 Å². The molecule has 14 heteroatoms. The first-order valence-electron chi connectivity index (χ1n) is 12.7. The Morgan fingerprint density at radius 1 is 1.00 bits per heavy atom. The molecule has 0 bridgehead atoms. The number of ether oxygens (including phenoxy) is 2. The summed E-state index contributed by atoms with van der Waals surface area (Å²) in [6.45, 7) is 0. The zero-order chi connectivity index (χ0) is 31.2. The summed E-state index contributed by atoms with van der Waals surface area (Å²) >= 11 is 0.910. The highest BCUT2D eigenvalue weighted by molar-refractivity contribution is 7.21. The van der Waals surface area contributed by atoms with Crippen LogP contribution < -0.4 is 25.0 Å². The van der Waals surface area contributed by atoms with Gasteiger partial charge < -0.3 is 24.8 Å². The summed E-state index contributed by atoms with van der Waals surface area (Å²) in [5, 5.41) is 16.6. The Bertz CT molecular complexity index is 2020. The Hall–Kier alpha value is -5.50. The van der Waals surface area contributed by atoms with Crippen LogP contribution in [0.5, 0.6) is 17.4 Å². The summed E-state index contributed by atoms with van der Waals surface area (Å²) in [5.74, 6) is -2.33. The maximum absolute atomic E-state index is 14.3. The summed E-state index contributed by atoms with van der Waals surface area (Å²) in [4.78, 5) is 18.8. The lowest BCUT2D eigenvalue weighted by Gasteiger charge is -2.09. The smallest absolute Gasteiger partial charge is 0.539 e. The monoisotopic (exact) mass is 622 g/mol. The molecule has 44 heavy (non-hydrogen) atoms. The highest BCUT2D eigenvalue weighted by Crippen LogP contribution is 2.42. The number of nitrogens with two attached hydrogens (primary N) is 1. The van der Waals surface area contributed by atoms with E-state index in [2.05, 4.69) is 10.0 Å². The number of alkyl halides is 3. The quantitative estimate of drug-likeness (QED) is 0.134. The number of anilines is 1. The number of carbonyl (C=O) groups is 1. The van der Waals surface area contributed by atoms with Gasteiger partial charge in [0, 0.05) is 23.1 Å². The van der Waals surface area contributed by atoms with Gasteiger partial charge in [0.2, 0.25) is 5.69 Å². The molecule has 0 atom stereocenters. The fourth-order valence-electron chi connectivity index (χ4n) is 4.59. The maximum atomic E-state index is 14.3. The van der Waals surface area contributed by atoms with Crippen LogP contribution in [0.4, 0.5) is 23.2 Å². The van der Waals surface area contributed by atoms with E-state index in [-0.39, 0.29) is 16.3 Å². The lowest BCUT2D eigenvalue weighted by molar-refractivity contribution is -0.672. The van der Waals surface area contributed by atoms with Gasteiger partial charge in [0.05, 0.1) is 23.8 Å². The molecule has 0 unspecified atom stereocenters. The number of halogens is 4. The highest BCUT2D eigenvalue weighted by atomic mass is 32.1. The molecule has 0 saturated carbocycles. The van der Waals surface area contributed by atoms with Crippen LogP contribution in [0.15, 0.2) is 83.4 Å². The van der Waals surface area contributed by atoms with Crippen LogP contribution in [-0.4, -0.2) is 29.5 Å². The molecule has 2 N–H and O–H groups in total. The van der Waals surface area contributed by atoms with Gasteiger partial charge in [-0.1, -0.05) is 12.1 Å². The summed E-state index contributed by atoms with van der Waals surface area (Å²) < 4.78 is 66.7. The van der Waals surface area contributed by atoms with E-state index < -0.39 is 35.4 Å². The largest absolute Gasteiger partial charge is 0.573 e. The van der Waals surface area contributed by atoms with Crippen LogP contribution in [0.1, 0.15) is 15.4 Å². The standard InChI is InChI=1S/C30H18F4N4O5S/c1-41-19-9-5-15(6-10-19)22-14-21(16-3-2-4-17(31)13-16)23-24(35)27(44-28(23)36-22)26(39)25-29(40)43-37-38(25)18-7-11-20(12-8-18)42-30(32,33)34/h2-14H,1H3,(H2-,35,37,39,40). The van der Waals surface area contributed by atoms with Crippen molar-refractivity contribution >= 4 is 33.0 Å². The van der Waals surface area contributed by atoms with Crippen LogP contribution in [0.3, 0.4) is 0 Å². The molecule has 0 aliphatic carbocycles. The van der Waals surface area contributed by atoms with E-state index in [0.29, 0.717) is 38.4 Å². The minimum Gasteiger partial charge on any atom is -0.539 e. The Morgan fingerprint density at radius 2 is 1.70 bits per heavy atom. The van der Waals surface area contributed by atoms with E-state index in [1.54, 1.807) is 36.4 Å². The van der Waals surface area contributed by atoms with E-state index in [9.17, 15) is 27.5 Å². The van der Waals surface area contributed by atoms with Crippen molar-refractivity contribution < 1.29 is 46.1 Å². The van der Waals surface area contributed by atoms with Crippen molar-refractivity contribution in [2.24, 2.45) is 0 Å². The predicted octanol–water partition coefficient (Wildman–Crippen LogP) is 5.83. The number of nitrogens with zero attached hydrogens (tertiary/aromatic N) is 3. The first kappa shape index (κ1) is 28.6. The number of benzene rings is 3. The average Bonchev–Trinajstić information content (AvgIpc) is 3.55. The van der Waals surface area contributed by atoms with Gasteiger partial charge in [-0.25, -0.2) is 9.37 Å². The Morgan fingerprint density at radius 3 is 2.36 bits per heavy atom. The molecular formula is C30H18F4N4O5S. The van der Waals surface area contributed by atoms with Gasteiger partial charge in [-0.2, -0.15) is 0 Å². The van der Waals surface area contributed by atoms with Crippen molar-refractivity contribution in [2.45, 2.75) is 6.36 Å². The second kappa shape index (κ2) is 11.0. The van der Waals surface area contributed by atoms with E-state index in [1.165, 1.54) is 37.4 Å². The molecular weight excluding hydrogens is 604 g/mol. The van der Waals surface area contributed by atoms with Crippen molar-refractivity contribution in [3.05, 3.63) is 95.3 Å². The van der Waals surface area contributed by atoms with Crippen LogP contribution in [0.25, 0.3) is 38.3 Å². The Kier molecular flexibility index (Phi) is 7.13.